The molecule has 1 saturated heterocycles. The lowest BCUT2D eigenvalue weighted by molar-refractivity contribution is 0.803. The Morgan fingerprint density at radius 3 is 3.31 bits per heavy atom. The van der Waals surface area contributed by atoms with E-state index in [9.17, 15) is 0 Å². The SMILES string of the molecule is N=C(N)N1CC1SCc1cnc[nH]1. The highest BCUT2D eigenvalue weighted by Crippen LogP contribution is 2.30. The van der Waals surface area contributed by atoms with Crippen LogP contribution >= 0.6 is 11.8 Å². The molecule has 0 aliphatic carbocycles. The highest BCUT2D eigenvalue weighted by Gasteiger charge is 2.35. The first-order valence-corrected chi connectivity index (χ1v) is 5.02. The molecule has 1 aromatic heterocycles. The molecule has 0 radical (unpaired) electrons. The third-order valence-electron chi connectivity index (χ3n) is 1.86. The van der Waals surface area contributed by atoms with Crippen LogP contribution in [-0.2, 0) is 5.75 Å². The van der Waals surface area contributed by atoms with Gasteiger partial charge in [0.1, 0.15) is 0 Å². The molecule has 70 valence electrons. The van der Waals surface area contributed by atoms with E-state index in [2.05, 4.69) is 9.97 Å². The van der Waals surface area contributed by atoms with Crippen LogP contribution in [0.5, 0.6) is 0 Å². The van der Waals surface area contributed by atoms with Crippen molar-refractivity contribution in [1.29, 1.82) is 5.41 Å². The maximum absolute atomic E-state index is 7.17. The van der Waals surface area contributed by atoms with Gasteiger partial charge in [0.15, 0.2) is 5.96 Å². The van der Waals surface area contributed by atoms with Crippen molar-refractivity contribution in [2.45, 2.75) is 11.1 Å². The Hall–Kier alpha value is -1.17. The first kappa shape index (κ1) is 8.43. The molecule has 6 heteroatoms. The molecule has 1 aliphatic rings. The zero-order chi connectivity index (χ0) is 9.26. The molecule has 1 unspecified atom stereocenters. The molecule has 1 aliphatic heterocycles. The van der Waals surface area contributed by atoms with E-state index in [0.29, 0.717) is 5.37 Å². The minimum atomic E-state index is 0.169. The van der Waals surface area contributed by atoms with E-state index >= 15 is 0 Å². The summed E-state index contributed by atoms with van der Waals surface area (Å²) in [6.07, 6.45) is 3.49. The summed E-state index contributed by atoms with van der Waals surface area (Å²) < 4.78 is 0. The second-order valence-electron chi connectivity index (χ2n) is 2.88. The monoisotopic (exact) mass is 197 g/mol. The van der Waals surface area contributed by atoms with E-state index in [1.54, 1.807) is 18.1 Å². The number of nitrogens with zero attached hydrogens (tertiary/aromatic N) is 2. The van der Waals surface area contributed by atoms with Crippen LogP contribution in [0.1, 0.15) is 5.69 Å². The normalized spacial score (nSPS) is 20.3. The van der Waals surface area contributed by atoms with Crippen molar-refractivity contribution in [3.8, 4) is 0 Å². The van der Waals surface area contributed by atoms with Gasteiger partial charge in [-0.3, -0.25) is 5.41 Å². The molecule has 1 fully saturated rings. The van der Waals surface area contributed by atoms with Crippen molar-refractivity contribution >= 4 is 17.7 Å². The molecule has 2 heterocycles. The Labute approximate surface area is 80.2 Å². The fourth-order valence-electron chi connectivity index (χ4n) is 1.07. The Morgan fingerprint density at radius 1 is 1.92 bits per heavy atom. The number of guanidine groups is 1. The number of thioether (sulfide) groups is 1. The van der Waals surface area contributed by atoms with Crippen LogP contribution in [0.15, 0.2) is 12.5 Å². The van der Waals surface area contributed by atoms with Crippen molar-refractivity contribution in [1.82, 2.24) is 14.9 Å². The second kappa shape index (κ2) is 3.29. The quantitative estimate of drug-likeness (QED) is 0.367. The molecule has 4 N–H and O–H groups in total. The molecular formula is C7H11N5S. The molecule has 2 rings (SSSR count). The number of nitrogens with one attached hydrogen (secondary N) is 2. The van der Waals surface area contributed by atoms with E-state index in [-0.39, 0.29) is 5.96 Å². The third-order valence-corrected chi connectivity index (χ3v) is 3.13. The summed E-state index contributed by atoms with van der Waals surface area (Å²) in [5.74, 6) is 1.07. The Morgan fingerprint density at radius 2 is 2.77 bits per heavy atom. The lowest BCUT2D eigenvalue weighted by atomic mass is 10.6. The molecule has 0 bridgehead atoms. The average molecular weight is 197 g/mol. The number of aromatic nitrogens is 2. The van der Waals surface area contributed by atoms with E-state index in [4.69, 9.17) is 11.1 Å². The zero-order valence-electron chi connectivity index (χ0n) is 7.03. The topological polar surface area (TPSA) is 81.6 Å². The fraction of sp³-hybridized carbons (Fsp3) is 0.429. The summed E-state index contributed by atoms with van der Waals surface area (Å²) in [6, 6.07) is 0. The molecule has 13 heavy (non-hydrogen) atoms. The maximum Gasteiger partial charge on any atom is 0.189 e. The minimum Gasteiger partial charge on any atom is -0.370 e. The van der Waals surface area contributed by atoms with Gasteiger partial charge in [-0.25, -0.2) is 4.98 Å². The average Bonchev–Trinajstić information content (AvgIpc) is 2.70. The van der Waals surface area contributed by atoms with Crippen LogP contribution in [-0.4, -0.2) is 32.7 Å². The van der Waals surface area contributed by atoms with Gasteiger partial charge in [-0.1, -0.05) is 0 Å². The van der Waals surface area contributed by atoms with Crippen LogP contribution in [0, 0.1) is 5.41 Å². The van der Waals surface area contributed by atoms with Crippen LogP contribution in [0.25, 0.3) is 0 Å². The fourth-order valence-corrected chi connectivity index (χ4v) is 2.16. The minimum absolute atomic E-state index is 0.169. The summed E-state index contributed by atoms with van der Waals surface area (Å²) in [6.45, 7) is 0.897. The van der Waals surface area contributed by atoms with E-state index in [1.165, 1.54) is 0 Å². The van der Waals surface area contributed by atoms with Crippen LogP contribution < -0.4 is 5.73 Å². The molecule has 0 aromatic carbocycles. The Kier molecular flexibility index (Phi) is 2.13. The lowest BCUT2D eigenvalue weighted by Crippen LogP contribution is -2.21. The molecule has 1 aromatic rings. The Balaban J connectivity index is 1.74. The number of hydrogen-bond acceptors (Lipinski definition) is 3. The lowest BCUT2D eigenvalue weighted by Gasteiger charge is -2.00. The summed E-state index contributed by atoms with van der Waals surface area (Å²) in [5.41, 5.74) is 6.42. The van der Waals surface area contributed by atoms with Gasteiger partial charge < -0.3 is 15.6 Å². The van der Waals surface area contributed by atoms with Gasteiger partial charge in [0, 0.05) is 17.6 Å². The summed E-state index contributed by atoms with van der Waals surface area (Å²) >= 11 is 1.77. The predicted octanol–water partition coefficient (Wildman–Crippen LogP) is 0.178. The number of aromatic amines is 1. The molecule has 0 saturated carbocycles. The molecular weight excluding hydrogens is 186 g/mol. The van der Waals surface area contributed by atoms with Gasteiger partial charge in [-0.2, -0.15) is 0 Å². The van der Waals surface area contributed by atoms with Gasteiger partial charge in [-0.15, -0.1) is 11.8 Å². The molecule has 0 spiro atoms. The van der Waals surface area contributed by atoms with Gasteiger partial charge >= 0.3 is 0 Å². The highest BCUT2D eigenvalue weighted by molar-refractivity contribution is 7.99. The summed E-state index contributed by atoms with van der Waals surface area (Å²) in [4.78, 5) is 8.80. The standard InChI is InChI=1S/C7H11N5S/c8-7(9)12-2-6(12)13-3-5-1-10-4-11-5/h1,4,6H,2-3H2,(H3,8,9)(H,10,11). The number of nitrogens with two attached hydrogens (primary N) is 1. The number of hydrogen-bond donors (Lipinski definition) is 3. The van der Waals surface area contributed by atoms with Gasteiger partial charge in [0.25, 0.3) is 0 Å². The van der Waals surface area contributed by atoms with E-state index in [0.717, 1.165) is 18.0 Å². The van der Waals surface area contributed by atoms with Crippen LogP contribution in [0.4, 0.5) is 0 Å². The summed E-state index contributed by atoms with van der Waals surface area (Å²) in [5, 5.41) is 7.55. The number of H-pyrrole nitrogens is 1. The summed E-state index contributed by atoms with van der Waals surface area (Å²) in [7, 11) is 0. The van der Waals surface area contributed by atoms with E-state index < -0.39 is 0 Å². The zero-order valence-corrected chi connectivity index (χ0v) is 7.84. The van der Waals surface area contributed by atoms with Gasteiger partial charge in [0.05, 0.1) is 18.2 Å². The van der Waals surface area contributed by atoms with Crippen molar-refractivity contribution in [2.75, 3.05) is 6.54 Å². The predicted molar refractivity (Wildman–Crippen MR) is 52.3 cm³/mol. The third kappa shape index (κ3) is 1.95. The van der Waals surface area contributed by atoms with Crippen molar-refractivity contribution < 1.29 is 0 Å². The van der Waals surface area contributed by atoms with Crippen molar-refractivity contribution in [2.24, 2.45) is 5.73 Å². The second-order valence-corrected chi connectivity index (χ2v) is 4.05. The largest absolute Gasteiger partial charge is 0.370 e. The smallest absolute Gasteiger partial charge is 0.189 e. The van der Waals surface area contributed by atoms with Gasteiger partial charge in [-0.05, 0) is 0 Å². The van der Waals surface area contributed by atoms with Crippen LogP contribution in [0.2, 0.25) is 0 Å². The van der Waals surface area contributed by atoms with Gasteiger partial charge in [0.2, 0.25) is 0 Å². The number of rotatable bonds is 3. The van der Waals surface area contributed by atoms with Crippen LogP contribution in [0.3, 0.4) is 0 Å². The Bertz CT molecular complexity index is 296. The molecule has 1 atom stereocenters. The maximum atomic E-state index is 7.17. The van der Waals surface area contributed by atoms with E-state index in [1.807, 2.05) is 11.1 Å². The van der Waals surface area contributed by atoms with Crippen molar-refractivity contribution in [3.63, 3.8) is 0 Å². The number of imidazole rings is 1. The first-order valence-electron chi connectivity index (χ1n) is 3.97. The molecule has 0 amide bonds. The first-order chi connectivity index (χ1) is 6.27. The molecule has 5 nitrogen and oxygen atoms in total. The highest BCUT2D eigenvalue weighted by atomic mass is 32.2. The van der Waals surface area contributed by atoms with Crippen molar-refractivity contribution in [3.05, 3.63) is 18.2 Å².